The second-order valence-electron chi connectivity index (χ2n) is 4.32. The Balaban J connectivity index is 3.65. The third-order valence-electron chi connectivity index (χ3n) is 2.93. The minimum atomic E-state index is -2.48. The Hall–Kier alpha value is -0.470. The lowest BCUT2D eigenvalue weighted by molar-refractivity contribution is -0.127. The maximum Gasteiger partial charge on any atom is 0.248 e. The minimum Gasteiger partial charge on any atom is -0.299 e. The maximum atomic E-state index is 12.5. The largest absolute Gasteiger partial charge is 0.299 e. The van der Waals surface area contributed by atoms with Crippen LogP contribution in [0.25, 0.3) is 0 Å². The van der Waals surface area contributed by atoms with Gasteiger partial charge < -0.3 is 0 Å². The number of Topliss-reactive ketones (excluding diaryl/α,β-unsaturated/α-hetero) is 1. The van der Waals surface area contributed by atoms with Gasteiger partial charge in [0.05, 0.1) is 5.92 Å². The number of carbonyl (C=O) groups is 1. The average molecular weight is 234 g/mol. The molecule has 0 saturated carbocycles. The number of hydrogen-bond acceptors (Lipinski definition) is 1. The minimum absolute atomic E-state index is 0.227. The zero-order chi connectivity index (χ0) is 12.4. The van der Waals surface area contributed by atoms with Crippen LogP contribution in [-0.2, 0) is 4.79 Å². The summed E-state index contributed by atoms with van der Waals surface area (Å²) in [5.74, 6) is -1.31. The molecular weight excluding hydrogens is 210 g/mol. The maximum absolute atomic E-state index is 12.5. The molecule has 3 heteroatoms. The first kappa shape index (κ1) is 15.5. The fourth-order valence-electron chi connectivity index (χ4n) is 1.83. The van der Waals surface area contributed by atoms with Crippen LogP contribution in [0.4, 0.5) is 8.78 Å². The summed E-state index contributed by atoms with van der Waals surface area (Å²) in [6.07, 6.45) is 4.51. The fourth-order valence-corrected chi connectivity index (χ4v) is 1.83. The Labute approximate surface area is 97.6 Å². The molecule has 0 aliphatic rings. The highest BCUT2D eigenvalue weighted by Gasteiger charge is 2.25. The first-order valence-electron chi connectivity index (χ1n) is 6.44. The van der Waals surface area contributed by atoms with Crippen LogP contribution in [0.15, 0.2) is 0 Å². The first-order valence-corrected chi connectivity index (χ1v) is 6.44. The van der Waals surface area contributed by atoms with E-state index < -0.39 is 12.3 Å². The molecule has 0 aromatic heterocycles. The van der Waals surface area contributed by atoms with Crippen LogP contribution in [0.1, 0.15) is 65.2 Å². The standard InChI is InChI=1S/C13H24F2O/c1-3-5-6-7-8-9-10-11(13(14)15)12(16)4-2/h11,13H,3-10H2,1-2H3. The zero-order valence-electron chi connectivity index (χ0n) is 10.5. The molecule has 1 atom stereocenters. The van der Waals surface area contributed by atoms with Crippen molar-refractivity contribution in [3.63, 3.8) is 0 Å². The van der Waals surface area contributed by atoms with Crippen molar-refractivity contribution in [2.75, 3.05) is 0 Å². The Morgan fingerprint density at radius 2 is 1.56 bits per heavy atom. The predicted octanol–water partition coefficient (Wildman–Crippen LogP) is 4.60. The van der Waals surface area contributed by atoms with Crippen molar-refractivity contribution in [1.29, 1.82) is 0 Å². The van der Waals surface area contributed by atoms with Gasteiger partial charge in [-0.05, 0) is 6.42 Å². The van der Waals surface area contributed by atoms with E-state index in [0.717, 1.165) is 19.3 Å². The molecule has 0 aromatic rings. The van der Waals surface area contributed by atoms with Crippen LogP contribution in [0.3, 0.4) is 0 Å². The van der Waals surface area contributed by atoms with Crippen LogP contribution in [-0.4, -0.2) is 12.2 Å². The molecule has 0 heterocycles. The second kappa shape index (κ2) is 9.73. The summed E-state index contributed by atoms with van der Waals surface area (Å²) in [6.45, 7) is 3.80. The molecule has 96 valence electrons. The van der Waals surface area contributed by atoms with Gasteiger partial charge in [0.1, 0.15) is 5.78 Å². The van der Waals surface area contributed by atoms with Gasteiger partial charge in [-0.25, -0.2) is 8.78 Å². The van der Waals surface area contributed by atoms with E-state index >= 15 is 0 Å². The summed E-state index contributed by atoms with van der Waals surface area (Å²) >= 11 is 0. The van der Waals surface area contributed by atoms with Gasteiger partial charge in [-0.3, -0.25) is 4.79 Å². The summed E-state index contributed by atoms with van der Waals surface area (Å²) in [5, 5.41) is 0. The van der Waals surface area contributed by atoms with Crippen molar-refractivity contribution in [3.8, 4) is 0 Å². The number of carbonyl (C=O) groups excluding carboxylic acids is 1. The van der Waals surface area contributed by atoms with E-state index in [1.54, 1.807) is 6.92 Å². The van der Waals surface area contributed by atoms with Crippen LogP contribution in [0, 0.1) is 5.92 Å². The Morgan fingerprint density at radius 3 is 2.06 bits per heavy atom. The SMILES string of the molecule is CCCCCCCCC(C(=O)CC)C(F)F. The molecule has 1 unspecified atom stereocenters. The quantitative estimate of drug-likeness (QED) is 0.505. The molecule has 0 bridgehead atoms. The van der Waals surface area contributed by atoms with Gasteiger partial charge >= 0.3 is 0 Å². The lowest BCUT2D eigenvalue weighted by Gasteiger charge is -2.13. The molecule has 16 heavy (non-hydrogen) atoms. The Morgan fingerprint density at radius 1 is 1.00 bits per heavy atom. The van der Waals surface area contributed by atoms with E-state index in [9.17, 15) is 13.6 Å². The zero-order valence-corrected chi connectivity index (χ0v) is 10.5. The molecule has 0 N–H and O–H groups in total. The highest BCUT2D eigenvalue weighted by molar-refractivity contribution is 5.81. The number of unbranched alkanes of at least 4 members (excludes halogenated alkanes) is 5. The number of hydrogen-bond donors (Lipinski definition) is 0. The number of ketones is 1. The van der Waals surface area contributed by atoms with Crippen molar-refractivity contribution in [3.05, 3.63) is 0 Å². The smallest absolute Gasteiger partial charge is 0.248 e. The van der Waals surface area contributed by atoms with Crippen LogP contribution in [0.5, 0.6) is 0 Å². The van der Waals surface area contributed by atoms with Crippen LogP contribution in [0.2, 0.25) is 0 Å². The second-order valence-corrected chi connectivity index (χ2v) is 4.32. The fraction of sp³-hybridized carbons (Fsp3) is 0.923. The predicted molar refractivity (Wildman–Crippen MR) is 62.8 cm³/mol. The van der Waals surface area contributed by atoms with Gasteiger partial charge in [-0.15, -0.1) is 0 Å². The molecule has 0 amide bonds. The molecular formula is C13H24F2O. The molecule has 0 aliphatic heterocycles. The highest BCUT2D eigenvalue weighted by atomic mass is 19.3. The molecule has 0 aromatic carbocycles. The third kappa shape index (κ3) is 6.91. The topological polar surface area (TPSA) is 17.1 Å². The van der Waals surface area contributed by atoms with Gasteiger partial charge in [0.25, 0.3) is 0 Å². The van der Waals surface area contributed by atoms with Gasteiger partial charge in [-0.1, -0.05) is 52.4 Å². The highest BCUT2D eigenvalue weighted by Crippen LogP contribution is 2.20. The molecule has 0 radical (unpaired) electrons. The number of rotatable bonds is 10. The third-order valence-corrected chi connectivity index (χ3v) is 2.93. The summed E-state index contributed by atoms with van der Waals surface area (Å²) in [6, 6.07) is 0. The van der Waals surface area contributed by atoms with Gasteiger partial charge in [0.15, 0.2) is 0 Å². The summed E-state index contributed by atoms with van der Waals surface area (Å²) in [7, 11) is 0. The molecule has 1 nitrogen and oxygen atoms in total. The number of halogens is 2. The van der Waals surface area contributed by atoms with Crippen molar-refractivity contribution < 1.29 is 13.6 Å². The van der Waals surface area contributed by atoms with Crippen molar-refractivity contribution in [2.24, 2.45) is 5.92 Å². The summed E-state index contributed by atoms with van der Waals surface area (Å²) in [5.41, 5.74) is 0. The van der Waals surface area contributed by atoms with Crippen molar-refractivity contribution in [2.45, 2.75) is 71.6 Å². The van der Waals surface area contributed by atoms with E-state index in [1.165, 1.54) is 19.3 Å². The Kier molecular flexibility index (Phi) is 9.45. The molecule has 0 saturated heterocycles. The van der Waals surface area contributed by atoms with Crippen LogP contribution >= 0.6 is 0 Å². The molecule has 0 spiro atoms. The van der Waals surface area contributed by atoms with Crippen molar-refractivity contribution in [1.82, 2.24) is 0 Å². The average Bonchev–Trinajstić information content (AvgIpc) is 2.26. The van der Waals surface area contributed by atoms with Gasteiger partial charge in [-0.2, -0.15) is 0 Å². The first-order chi connectivity index (χ1) is 7.63. The lowest BCUT2D eigenvalue weighted by atomic mass is 9.95. The van der Waals surface area contributed by atoms with E-state index in [4.69, 9.17) is 0 Å². The summed E-state index contributed by atoms with van der Waals surface area (Å²) in [4.78, 5) is 11.2. The Bertz CT molecular complexity index is 181. The lowest BCUT2D eigenvalue weighted by Crippen LogP contribution is -2.21. The summed E-state index contributed by atoms with van der Waals surface area (Å²) < 4.78 is 25.1. The normalized spacial score (nSPS) is 13.1. The van der Waals surface area contributed by atoms with Crippen molar-refractivity contribution >= 4 is 5.78 Å². The van der Waals surface area contributed by atoms with E-state index in [0.29, 0.717) is 6.42 Å². The van der Waals surface area contributed by atoms with E-state index in [-0.39, 0.29) is 12.2 Å². The van der Waals surface area contributed by atoms with Gasteiger partial charge in [0.2, 0.25) is 6.43 Å². The van der Waals surface area contributed by atoms with E-state index in [2.05, 4.69) is 6.92 Å². The number of alkyl halides is 2. The van der Waals surface area contributed by atoms with Crippen LogP contribution < -0.4 is 0 Å². The molecule has 0 fully saturated rings. The molecule has 0 rings (SSSR count). The van der Waals surface area contributed by atoms with Gasteiger partial charge in [0, 0.05) is 6.42 Å². The molecule has 0 aliphatic carbocycles. The van der Waals surface area contributed by atoms with E-state index in [1.807, 2.05) is 0 Å². The monoisotopic (exact) mass is 234 g/mol.